The topological polar surface area (TPSA) is 54.6 Å². The van der Waals surface area contributed by atoms with Crippen molar-refractivity contribution in [2.24, 2.45) is 0 Å². The smallest absolute Gasteiger partial charge is 0.356 e. The SMILES string of the molecule is Cc1ccn2c(-c3ccc(F)cc3)nc(C(=O)O)c2c1. The number of carboxylic acids is 1. The molecule has 0 fully saturated rings. The third-order valence-corrected chi connectivity index (χ3v) is 3.10. The Morgan fingerprint density at radius 3 is 2.60 bits per heavy atom. The maximum absolute atomic E-state index is 13.0. The van der Waals surface area contributed by atoms with Crippen molar-refractivity contribution in [3.8, 4) is 11.4 Å². The highest BCUT2D eigenvalue weighted by Crippen LogP contribution is 2.23. The van der Waals surface area contributed by atoms with Crippen molar-refractivity contribution in [1.82, 2.24) is 9.38 Å². The molecule has 0 radical (unpaired) electrons. The Morgan fingerprint density at radius 1 is 1.25 bits per heavy atom. The number of pyridine rings is 1. The second kappa shape index (κ2) is 4.45. The molecule has 2 heterocycles. The van der Waals surface area contributed by atoms with Gasteiger partial charge in [0.2, 0.25) is 0 Å². The lowest BCUT2D eigenvalue weighted by Crippen LogP contribution is -1.97. The van der Waals surface area contributed by atoms with Gasteiger partial charge in [-0.15, -0.1) is 0 Å². The number of imidazole rings is 1. The normalized spacial score (nSPS) is 10.9. The molecule has 0 aliphatic carbocycles. The molecule has 2 aromatic heterocycles. The van der Waals surface area contributed by atoms with Crippen LogP contribution in [0.25, 0.3) is 16.9 Å². The summed E-state index contributed by atoms with van der Waals surface area (Å²) in [4.78, 5) is 15.5. The summed E-state index contributed by atoms with van der Waals surface area (Å²) in [5.41, 5.74) is 2.13. The van der Waals surface area contributed by atoms with Crippen LogP contribution in [0.3, 0.4) is 0 Å². The number of aromatic carboxylic acids is 1. The number of halogens is 1. The third kappa shape index (κ3) is 1.93. The van der Waals surface area contributed by atoms with Crippen LogP contribution in [0.15, 0.2) is 42.6 Å². The standard InChI is InChI=1S/C15H11FN2O2/c1-9-6-7-18-12(8-9)13(15(19)20)17-14(18)10-2-4-11(16)5-3-10/h2-8H,1H3,(H,19,20). The zero-order valence-corrected chi connectivity index (χ0v) is 10.7. The van der Waals surface area contributed by atoms with Crippen LogP contribution in [-0.4, -0.2) is 20.5 Å². The van der Waals surface area contributed by atoms with Gasteiger partial charge in [-0.2, -0.15) is 0 Å². The molecule has 0 saturated carbocycles. The summed E-state index contributed by atoms with van der Waals surface area (Å²) in [6, 6.07) is 9.44. The first kappa shape index (κ1) is 12.3. The molecule has 0 atom stereocenters. The van der Waals surface area contributed by atoms with E-state index in [-0.39, 0.29) is 11.5 Å². The molecule has 0 unspecified atom stereocenters. The van der Waals surface area contributed by atoms with E-state index in [1.165, 1.54) is 12.1 Å². The Kier molecular flexibility index (Phi) is 2.75. The minimum atomic E-state index is -1.08. The molecule has 1 N–H and O–H groups in total. The number of carboxylic acid groups (broad SMARTS) is 1. The summed E-state index contributed by atoms with van der Waals surface area (Å²) in [5, 5.41) is 9.24. The number of aryl methyl sites for hydroxylation is 1. The van der Waals surface area contributed by atoms with E-state index in [0.717, 1.165) is 5.56 Å². The largest absolute Gasteiger partial charge is 0.476 e. The van der Waals surface area contributed by atoms with E-state index in [9.17, 15) is 14.3 Å². The molecule has 0 amide bonds. The maximum atomic E-state index is 13.0. The quantitative estimate of drug-likeness (QED) is 0.778. The van der Waals surface area contributed by atoms with Crippen LogP contribution in [0.1, 0.15) is 16.1 Å². The highest BCUT2D eigenvalue weighted by atomic mass is 19.1. The third-order valence-electron chi connectivity index (χ3n) is 3.10. The number of fused-ring (bicyclic) bond motifs is 1. The lowest BCUT2D eigenvalue weighted by Gasteiger charge is -2.02. The molecule has 5 heteroatoms. The zero-order valence-electron chi connectivity index (χ0n) is 10.7. The molecular formula is C15H11FN2O2. The number of carbonyl (C=O) groups is 1. The first-order valence-corrected chi connectivity index (χ1v) is 6.04. The maximum Gasteiger partial charge on any atom is 0.356 e. The van der Waals surface area contributed by atoms with Crippen molar-refractivity contribution in [3.05, 3.63) is 59.7 Å². The van der Waals surface area contributed by atoms with Gasteiger partial charge in [0.25, 0.3) is 0 Å². The van der Waals surface area contributed by atoms with Crippen LogP contribution >= 0.6 is 0 Å². The molecule has 4 nitrogen and oxygen atoms in total. The van der Waals surface area contributed by atoms with E-state index >= 15 is 0 Å². The zero-order chi connectivity index (χ0) is 14.3. The van der Waals surface area contributed by atoms with Gasteiger partial charge in [-0.25, -0.2) is 14.2 Å². The number of aromatic nitrogens is 2. The monoisotopic (exact) mass is 270 g/mol. The fourth-order valence-electron chi connectivity index (χ4n) is 2.15. The van der Waals surface area contributed by atoms with Gasteiger partial charge in [-0.05, 0) is 48.9 Å². The lowest BCUT2D eigenvalue weighted by molar-refractivity contribution is 0.0693. The van der Waals surface area contributed by atoms with Crippen molar-refractivity contribution in [1.29, 1.82) is 0 Å². The van der Waals surface area contributed by atoms with Crippen LogP contribution < -0.4 is 0 Å². The predicted molar refractivity (Wildman–Crippen MR) is 72.3 cm³/mol. The van der Waals surface area contributed by atoms with Crippen LogP contribution in [0.2, 0.25) is 0 Å². The van der Waals surface area contributed by atoms with E-state index < -0.39 is 5.97 Å². The van der Waals surface area contributed by atoms with Crippen molar-refractivity contribution in [2.45, 2.75) is 6.92 Å². The molecule has 0 aliphatic rings. The van der Waals surface area contributed by atoms with Gasteiger partial charge in [-0.3, -0.25) is 4.40 Å². The van der Waals surface area contributed by atoms with E-state index in [4.69, 9.17) is 0 Å². The summed E-state index contributed by atoms with van der Waals surface area (Å²) >= 11 is 0. The minimum Gasteiger partial charge on any atom is -0.476 e. The predicted octanol–water partition coefficient (Wildman–Crippen LogP) is 3.15. The summed E-state index contributed by atoms with van der Waals surface area (Å²) in [5.74, 6) is -0.942. The fourth-order valence-corrected chi connectivity index (χ4v) is 2.15. The molecule has 1 aromatic carbocycles. The van der Waals surface area contributed by atoms with Crippen LogP contribution in [0, 0.1) is 12.7 Å². The Balaban J connectivity index is 2.31. The first-order valence-electron chi connectivity index (χ1n) is 6.04. The highest BCUT2D eigenvalue weighted by Gasteiger charge is 2.17. The van der Waals surface area contributed by atoms with Gasteiger partial charge in [0.15, 0.2) is 5.69 Å². The second-order valence-corrected chi connectivity index (χ2v) is 4.56. The van der Waals surface area contributed by atoms with E-state index in [2.05, 4.69) is 4.98 Å². The van der Waals surface area contributed by atoms with E-state index in [0.29, 0.717) is 16.9 Å². The Morgan fingerprint density at radius 2 is 1.95 bits per heavy atom. The number of hydrogen-bond donors (Lipinski definition) is 1. The molecule has 0 aliphatic heterocycles. The number of rotatable bonds is 2. The number of nitrogens with zero attached hydrogens (tertiary/aromatic N) is 2. The average molecular weight is 270 g/mol. The Bertz CT molecular complexity index is 807. The number of hydrogen-bond acceptors (Lipinski definition) is 2. The Labute approximate surface area is 114 Å². The van der Waals surface area contributed by atoms with Gasteiger partial charge in [0.05, 0.1) is 5.52 Å². The molecule has 3 aromatic rings. The van der Waals surface area contributed by atoms with Gasteiger partial charge in [0.1, 0.15) is 11.6 Å². The van der Waals surface area contributed by atoms with Gasteiger partial charge in [0, 0.05) is 11.8 Å². The van der Waals surface area contributed by atoms with Crippen molar-refractivity contribution in [3.63, 3.8) is 0 Å². The van der Waals surface area contributed by atoms with E-state index in [1.807, 2.05) is 13.0 Å². The summed E-state index contributed by atoms with van der Waals surface area (Å²) in [7, 11) is 0. The summed E-state index contributed by atoms with van der Waals surface area (Å²) < 4.78 is 14.7. The molecule has 100 valence electrons. The number of benzene rings is 1. The van der Waals surface area contributed by atoms with Crippen molar-refractivity contribution < 1.29 is 14.3 Å². The van der Waals surface area contributed by atoms with E-state index in [1.54, 1.807) is 28.8 Å². The molecule has 0 spiro atoms. The molecule has 20 heavy (non-hydrogen) atoms. The van der Waals surface area contributed by atoms with Crippen LogP contribution in [0.4, 0.5) is 4.39 Å². The minimum absolute atomic E-state index is 0.00646. The summed E-state index contributed by atoms with van der Waals surface area (Å²) in [6.07, 6.45) is 1.77. The van der Waals surface area contributed by atoms with Crippen LogP contribution in [-0.2, 0) is 0 Å². The van der Waals surface area contributed by atoms with Crippen molar-refractivity contribution >= 4 is 11.5 Å². The Hall–Kier alpha value is -2.69. The molecule has 0 bridgehead atoms. The molecule has 3 rings (SSSR count). The fraction of sp³-hybridized carbons (Fsp3) is 0.0667. The molecular weight excluding hydrogens is 259 g/mol. The highest BCUT2D eigenvalue weighted by molar-refractivity contribution is 5.95. The van der Waals surface area contributed by atoms with Crippen molar-refractivity contribution in [2.75, 3.05) is 0 Å². The average Bonchev–Trinajstić information content (AvgIpc) is 2.78. The second-order valence-electron chi connectivity index (χ2n) is 4.56. The first-order chi connectivity index (χ1) is 9.56. The summed E-state index contributed by atoms with van der Waals surface area (Å²) in [6.45, 7) is 1.89. The van der Waals surface area contributed by atoms with Gasteiger partial charge >= 0.3 is 5.97 Å². The molecule has 0 saturated heterocycles. The van der Waals surface area contributed by atoms with Gasteiger partial charge in [-0.1, -0.05) is 0 Å². The van der Waals surface area contributed by atoms with Gasteiger partial charge < -0.3 is 5.11 Å². The lowest BCUT2D eigenvalue weighted by atomic mass is 10.2. The van der Waals surface area contributed by atoms with Crippen LogP contribution in [0.5, 0.6) is 0 Å².